The predicted molar refractivity (Wildman–Crippen MR) is 104 cm³/mol. The highest BCUT2D eigenvalue weighted by molar-refractivity contribution is 7.38. The topological polar surface area (TPSA) is 72.2 Å². The average molecular weight is 385 g/mol. The van der Waals surface area contributed by atoms with E-state index < -0.39 is 17.1 Å². The third-order valence-corrected chi connectivity index (χ3v) is 6.86. The van der Waals surface area contributed by atoms with Crippen molar-refractivity contribution in [2.24, 2.45) is 5.73 Å². The Balaban J connectivity index is 6.09. The molecule has 0 saturated heterocycles. The van der Waals surface area contributed by atoms with Crippen LogP contribution < -0.4 is 5.73 Å². The molecule has 0 aliphatic heterocycles. The fourth-order valence-electron chi connectivity index (χ4n) is 2.85. The minimum Gasteiger partial charge on any atom is -0.379 e. The summed E-state index contributed by atoms with van der Waals surface area (Å²) in [6.07, 6.45) is 3.37. The molecule has 0 radical (unpaired) electrons. The Labute approximate surface area is 151 Å². The van der Waals surface area contributed by atoms with Crippen LogP contribution in [-0.2, 0) is 23.7 Å². The number of rotatable bonds is 15. The van der Waals surface area contributed by atoms with Crippen molar-refractivity contribution < 1.29 is 23.7 Å². The summed E-state index contributed by atoms with van der Waals surface area (Å²) < 4.78 is 29.2. The summed E-state index contributed by atoms with van der Waals surface area (Å²) in [5, 5.41) is 0. The molecule has 0 rings (SSSR count). The van der Waals surface area contributed by atoms with E-state index >= 15 is 0 Å². The van der Waals surface area contributed by atoms with Gasteiger partial charge in [0.15, 0.2) is 11.6 Å². The molecule has 2 unspecified atom stereocenters. The molecule has 0 aliphatic carbocycles. The smallest absolute Gasteiger partial charge is 0.197 e. The Morgan fingerprint density at radius 3 is 1.38 bits per heavy atom. The summed E-state index contributed by atoms with van der Waals surface area (Å²) in [7, 11) is 7.78. The molecule has 0 aromatic heterocycles. The second-order valence-corrected chi connectivity index (χ2v) is 8.61. The van der Waals surface area contributed by atoms with E-state index in [1.54, 1.807) is 28.4 Å². The maximum absolute atomic E-state index is 6.95. The van der Waals surface area contributed by atoms with Crippen molar-refractivity contribution in [2.45, 2.75) is 37.9 Å². The van der Waals surface area contributed by atoms with E-state index in [2.05, 4.69) is 13.8 Å². The van der Waals surface area contributed by atoms with Gasteiger partial charge < -0.3 is 29.4 Å². The van der Waals surface area contributed by atoms with Crippen LogP contribution in [0.1, 0.15) is 20.8 Å². The van der Waals surface area contributed by atoms with Crippen LogP contribution in [0.5, 0.6) is 0 Å². The van der Waals surface area contributed by atoms with Crippen molar-refractivity contribution in [1.82, 2.24) is 0 Å². The van der Waals surface area contributed by atoms with Gasteiger partial charge in [-0.2, -0.15) is 0 Å². The Kier molecular flexibility index (Phi) is 12.4. The molecule has 0 fully saturated rings. The van der Waals surface area contributed by atoms with Crippen LogP contribution in [0.2, 0.25) is 0 Å². The fourth-order valence-corrected chi connectivity index (χ4v) is 5.22. The summed E-state index contributed by atoms with van der Waals surface area (Å²) in [5.74, 6) is -2.11. The molecule has 0 amide bonds. The maximum atomic E-state index is 6.95. The van der Waals surface area contributed by atoms with Crippen LogP contribution in [0.25, 0.3) is 0 Å². The van der Waals surface area contributed by atoms with Crippen LogP contribution in [0, 0.1) is 0 Å². The van der Waals surface area contributed by atoms with E-state index in [1.807, 2.05) is 6.92 Å². The molecule has 2 N–H and O–H groups in total. The quantitative estimate of drug-likeness (QED) is 0.344. The third kappa shape index (κ3) is 5.08. The van der Waals surface area contributed by atoms with Crippen LogP contribution >= 0.6 is 17.2 Å². The molecule has 8 heteroatoms. The van der Waals surface area contributed by atoms with E-state index in [-0.39, 0.29) is 6.61 Å². The van der Waals surface area contributed by atoms with Gasteiger partial charge in [-0.3, -0.25) is 0 Å². The highest BCUT2D eigenvalue weighted by atomic mass is 31.1. The monoisotopic (exact) mass is 385 g/mol. The van der Waals surface area contributed by atoms with Crippen LogP contribution in [0.15, 0.2) is 0 Å². The van der Waals surface area contributed by atoms with Gasteiger partial charge >= 0.3 is 0 Å². The number of hydrogen-bond acceptors (Lipinski definition) is 6. The van der Waals surface area contributed by atoms with E-state index in [9.17, 15) is 0 Å². The van der Waals surface area contributed by atoms with Gasteiger partial charge in [0.1, 0.15) is 5.54 Å². The molecule has 0 spiro atoms. The van der Waals surface area contributed by atoms with Crippen molar-refractivity contribution in [3.05, 3.63) is 0 Å². The lowest BCUT2D eigenvalue weighted by molar-refractivity contribution is -0.334. The molecule has 6 nitrogen and oxygen atoms in total. The minimum atomic E-state index is -1.12. The highest BCUT2D eigenvalue weighted by Gasteiger charge is 2.63. The second kappa shape index (κ2) is 12.1. The van der Waals surface area contributed by atoms with Crippen LogP contribution in [-0.4, -0.2) is 83.4 Å². The van der Waals surface area contributed by atoms with Gasteiger partial charge in [-0.15, -0.1) is 17.2 Å². The lowest BCUT2D eigenvalue weighted by Gasteiger charge is -2.54. The van der Waals surface area contributed by atoms with E-state index in [0.717, 1.165) is 12.3 Å². The lowest BCUT2D eigenvalue weighted by atomic mass is 9.82. The van der Waals surface area contributed by atoms with Crippen molar-refractivity contribution in [3.8, 4) is 0 Å². The lowest BCUT2D eigenvalue weighted by Crippen LogP contribution is -2.79. The van der Waals surface area contributed by atoms with E-state index in [4.69, 9.17) is 29.4 Å². The molecular formula is C16H37NO5P2. The van der Waals surface area contributed by atoms with Gasteiger partial charge in [0.25, 0.3) is 0 Å². The summed E-state index contributed by atoms with van der Waals surface area (Å²) in [5.41, 5.74) is 5.83. The minimum absolute atomic E-state index is 0.218. The summed E-state index contributed by atoms with van der Waals surface area (Å²) in [4.78, 5) is 0. The molecule has 24 heavy (non-hydrogen) atoms. The summed E-state index contributed by atoms with van der Waals surface area (Å²) >= 11 is 0. The van der Waals surface area contributed by atoms with Gasteiger partial charge in [0.2, 0.25) is 0 Å². The number of hydrogen-bond donors (Lipinski definition) is 1. The largest absolute Gasteiger partial charge is 0.379 e. The molecular weight excluding hydrogens is 348 g/mol. The first-order valence-electron chi connectivity index (χ1n) is 8.41. The first kappa shape index (κ1) is 24.6. The first-order chi connectivity index (χ1) is 11.4. The molecule has 0 aromatic rings. The van der Waals surface area contributed by atoms with Crippen molar-refractivity contribution in [1.29, 1.82) is 0 Å². The van der Waals surface area contributed by atoms with Gasteiger partial charge in [0, 0.05) is 47.4 Å². The van der Waals surface area contributed by atoms with Gasteiger partial charge in [0.05, 0.1) is 6.61 Å². The van der Waals surface area contributed by atoms with E-state index in [0.29, 0.717) is 36.1 Å². The van der Waals surface area contributed by atoms with Crippen LogP contribution in [0.3, 0.4) is 0 Å². The standard InChI is InChI=1S/C16H37NO5P2/c1-8-22-11-14(17,15(18-4,19-5)12-23-9-2)16(20-6,21-7)13-24-10-3/h23-24H,8-13,17H2,1-7H3. The molecule has 0 aliphatic rings. The molecule has 146 valence electrons. The number of ether oxygens (including phenoxy) is 5. The Bertz CT molecular complexity index is 302. The zero-order chi connectivity index (χ0) is 18.7. The summed E-state index contributed by atoms with van der Waals surface area (Å²) in [6.45, 7) is 6.96. The molecule has 0 saturated carbocycles. The predicted octanol–water partition coefficient (Wildman–Crippen LogP) is 2.10. The Morgan fingerprint density at radius 1 is 0.750 bits per heavy atom. The molecule has 2 atom stereocenters. The Hall–Kier alpha value is 0.620. The molecule has 0 aromatic carbocycles. The van der Waals surface area contributed by atoms with Crippen molar-refractivity contribution >= 4 is 17.2 Å². The molecule has 0 bridgehead atoms. The summed E-state index contributed by atoms with van der Waals surface area (Å²) in [6, 6.07) is 0. The second-order valence-electron chi connectivity index (χ2n) is 5.49. The normalized spacial score (nSPS) is 16.5. The zero-order valence-corrected chi connectivity index (χ0v) is 18.4. The third-order valence-electron chi connectivity index (χ3n) is 4.43. The Morgan fingerprint density at radius 2 is 1.12 bits per heavy atom. The van der Waals surface area contributed by atoms with Crippen molar-refractivity contribution in [2.75, 3.05) is 66.3 Å². The number of methoxy groups -OCH3 is 4. The SMILES string of the molecule is CCOCC(N)(C(CPCC)(OC)OC)C(CPCC)(OC)OC. The highest BCUT2D eigenvalue weighted by Crippen LogP contribution is 2.43. The van der Waals surface area contributed by atoms with Gasteiger partial charge in [-0.1, -0.05) is 13.8 Å². The van der Waals surface area contributed by atoms with Gasteiger partial charge in [-0.25, -0.2) is 0 Å². The number of nitrogens with two attached hydrogens (primary N) is 1. The maximum Gasteiger partial charge on any atom is 0.197 e. The molecule has 0 heterocycles. The van der Waals surface area contributed by atoms with Crippen molar-refractivity contribution in [3.63, 3.8) is 0 Å². The van der Waals surface area contributed by atoms with Crippen LogP contribution in [0.4, 0.5) is 0 Å². The zero-order valence-electron chi connectivity index (χ0n) is 16.4. The van der Waals surface area contributed by atoms with E-state index in [1.165, 1.54) is 0 Å². The fraction of sp³-hybridized carbons (Fsp3) is 1.00. The first-order valence-corrected chi connectivity index (χ1v) is 11.2. The average Bonchev–Trinajstić information content (AvgIpc) is 2.62. The van der Waals surface area contributed by atoms with Gasteiger partial charge in [-0.05, 0) is 19.2 Å².